The van der Waals surface area contributed by atoms with Crippen molar-refractivity contribution in [2.45, 2.75) is 44.8 Å². The summed E-state index contributed by atoms with van der Waals surface area (Å²) in [6.07, 6.45) is 8.44. The molecule has 1 saturated carbocycles. The van der Waals surface area contributed by atoms with E-state index in [-0.39, 0.29) is 0 Å². The Kier molecular flexibility index (Phi) is 6.53. The standard InChI is InChI=1S/C15H27N5O/c1-16-15(18-12-13-8-10-19-20(13)2)17-9-5-11-21-14-6-3-4-7-14/h8,10,14H,3-7,9,11-12H2,1-2H3,(H2,16,17,18). The molecule has 0 unspecified atom stereocenters. The molecule has 1 heterocycles. The number of hydrogen-bond donors (Lipinski definition) is 2. The van der Waals surface area contributed by atoms with Crippen molar-refractivity contribution in [3.05, 3.63) is 18.0 Å². The minimum atomic E-state index is 0.507. The Bertz CT molecular complexity index is 437. The molecule has 6 nitrogen and oxygen atoms in total. The third-order valence-electron chi connectivity index (χ3n) is 3.85. The normalized spacial score (nSPS) is 16.4. The maximum Gasteiger partial charge on any atom is 0.191 e. The lowest BCUT2D eigenvalue weighted by Gasteiger charge is -2.13. The maximum absolute atomic E-state index is 5.84. The topological polar surface area (TPSA) is 63.5 Å². The van der Waals surface area contributed by atoms with E-state index in [0.29, 0.717) is 6.10 Å². The van der Waals surface area contributed by atoms with Crippen LogP contribution in [-0.4, -0.2) is 42.0 Å². The van der Waals surface area contributed by atoms with Gasteiger partial charge in [-0.15, -0.1) is 0 Å². The third kappa shape index (κ3) is 5.38. The first-order chi connectivity index (χ1) is 10.3. The summed E-state index contributed by atoms with van der Waals surface area (Å²) in [7, 11) is 3.72. The fourth-order valence-electron chi connectivity index (χ4n) is 2.55. The van der Waals surface area contributed by atoms with Crippen molar-refractivity contribution >= 4 is 5.96 Å². The van der Waals surface area contributed by atoms with E-state index < -0.39 is 0 Å². The summed E-state index contributed by atoms with van der Waals surface area (Å²) in [6.45, 7) is 2.42. The largest absolute Gasteiger partial charge is 0.378 e. The van der Waals surface area contributed by atoms with E-state index in [1.807, 2.05) is 17.8 Å². The average molecular weight is 293 g/mol. The SMILES string of the molecule is CN=C(NCCCOC1CCCC1)NCc1ccnn1C. The van der Waals surface area contributed by atoms with Crippen LogP contribution in [0, 0.1) is 0 Å². The molecule has 0 bridgehead atoms. The maximum atomic E-state index is 5.84. The van der Waals surface area contributed by atoms with Crippen LogP contribution in [0.5, 0.6) is 0 Å². The summed E-state index contributed by atoms with van der Waals surface area (Å²) in [6, 6.07) is 2.00. The molecule has 0 spiro atoms. The Labute approximate surface area is 127 Å². The Balaban J connectivity index is 1.56. The van der Waals surface area contributed by atoms with E-state index in [2.05, 4.69) is 20.7 Å². The van der Waals surface area contributed by atoms with E-state index in [0.717, 1.165) is 37.8 Å². The van der Waals surface area contributed by atoms with Crippen molar-refractivity contribution in [1.82, 2.24) is 20.4 Å². The highest BCUT2D eigenvalue weighted by Gasteiger charge is 2.14. The Morgan fingerprint density at radius 1 is 1.43 bits per heavy atom. The van der Waals surface area contributed by atoms with Crippen LogP contribution in [0.1, 0.15) is 37.8 Å². The third-order valence-corrected chi connectivity index (χ3v) is 3.85. The van der Waals surface area contributed by atoms with Gasteiger partial charge in [0.15, 0.2) is 5.96 Å². The highest BCUT2D eigenvalue weighted by atomic mass is 16.5. The van der Waals surface area contributed by atoms with Crippen LogP contribution in [0.3, 0.4) is 0 Å². The predicted molar refractivity (Wildman–Crippen MR) is 84.2 cm³/mol. The molecule has 1 aliphatic rings. The molecule has 0 atom stereocenters. The molecule has 1 aromatic rings. The second-order valence-corrected chi connectivity index (χ2v) is 5.43. The van der Waals surface area contributed by atoms with Crippen LogP contribution in [0.15, 0.2) is 17.3 Å². The van der Waals surface area contributed by atoms with Gasteiger partial charge in [-0.05, 0) is 25.3 Å². The van der Waals surface area contributed by atoms with Crippen molar-refractivity contribution in [2.75, 3.05) is 20.2 Å². The molecule has 1 aromatic heterocycles. The lowest BCUT2D eigenvalue weighted by molar-refractivity contribution is 0.0574. The van der Waals surface area contributed by atoms with Crippen molar-refractivity contribution in [3.63, 3.8) is 0 Å². The Morgan fingerprint density at radius 3 is 2.90 bits per heavy atom. The van der Waals surface area contributed by atoms with Crippen molar-refractivity contribution in [2.24, 2.45) is 12.0 Å². The fourth-order valence-corrected chi connectivity index (χ4v) is 2.55. The van der Waals surface area contributed by atoms with Gasteiger partial charge in [0.1, 0.15) is 0 Å². The second-order valence-electron chi connectivity index (χ2n) is 5.43. The fraction of sp³-hybridized carbons (Fsp3) is 0.733. The van der Waals surface area contributed by atoms with Crippen LogP contribution < -0.4 is 10.6 Å². The van der Waals surface area contributed by atoms with Crippen LogP contribution in [0.25, 0.3) is 0 Å². The van der Waals surface area contributed by atoms with Crippen molar-refractivity contribution in [3.8, 4) is 0 Å². The number of ether oxygens (including phenoxy) is 1. The number of nitrogens with one attached hydrogen (secondary N) is 2. The zero-order valence-electron chi connectivity index (χ0n) is 13.1. The number of guanidine groups is 1. The second kappa shape index (κ2) is 8.67. The smallest absolute Gasteiger partial charge is 0.191 e. The van der Waals surface area contributed by atoms with Crippen molar-refractivity contribution in [1.29, 1.82) is 0 Å². The summed E-state index contributed by atoms with van der Waals surface area (Å²) >= 11 is 0. The van der Waals surface area contributed by atoms with Crippen LogP contribution in [0.2, 0.25) is 0 Å². The summed E-state index contributed by atoms with van der Waals surface area (Å²) in [4.78, 5) is 4.22. The summed E-state index contributed by atoms with van der Waals surface area (Å²) in [5, 5.41) is 10.7. The number of aryl methyl sites for hydroxylation is 1. The molecular weight excluding hydrogens is 266 g/mol. The molecule has 0 aromatic carbocycles. The Hall–Kier alpha value is -1.56. The van der Waals surface area contributed by atoms with Gasteiger partial charge >= 0.3 is 0 Å². The van der Waals surface area contributed by atoms with E-state index in [9.17, 15) is 0 Å². The molecule has 6 heteroatoms. The van der Waals surface area contributed by atoms with E-state index in [4.69, 9.17) is 4.74 Å². The minimum absolute atomic E-state index is 0.507. The molecule has 1 fully saturated rings. The van der Waals surface area contributed by atoms with E-state index >= 15 is 0 Å². The van der Waals surface area contributed by atoms with Gasteiger partial charge in [-0.25, -0.2) is 0 Å². The minimum Gasteiger partial charge on any atom is -0.378 e. The lowest BCUT2D eigenvalue weighted by atomic mass is 10.3. The molecule has 1 aliphatic carbocycles. The zero-order valence-corrected chi connectivity index (χ0v) is 13.1. The molecular formula is C15H27N5O. The number of hydrogen-bond acceptors (Lipinski definition) is 3. The zero-order chi connectivity index (χ0) is 14.9. The summed E-state index contributed by atoms with van der Waals surface area (Å²) in [5.74, 6) is 0.817. The monoisotopic (exact) mass is 293 g/mol. The van der Waals surface area contributed by atoms with Gasteiger partial charge in [-0.1, -0.05) is 12.8 Å². The van der Waals surface area contributed by atoms with Crippen LogP contribution in [0.4, 0.5) is 0 Å². The van der Waals surface area contributed by atoms with Gasteiger partial charge in [-0.2, -0.15) is 5.10 Å². The van der Waals surface area contributed by atoms with Crippen LogP contribution >= 0.6 is 0 Å². The first kappa shape index (κ1) is 15.8. The highest BCUT2D eigenvalue weighted by Crippen LogP contribution is 2.20. The molecule has 118 valence electrons. The Morgan fingerprint density at radius 2 is 2.24 bits per heavy atom. The van der Waals surface area contributed by atoms with Gasteiger partial charge in [0.2, 0.25) is 0 Å². The van der Waals surface area contributed by atoms with Crippen molar-refractivity contribution < 1.29 is 4.74 Å². The molecule has 0 amide bonds. The van der Waals surface area contributed by atoms with Crippen LogP contribution in [-0.2, 0) is 18.3 Å². The molecule has 0 aliphatic heterocycles. The number of aliphatic imine (C=N–C) groups is 1. The molecule has 21 heavy (non-hydrogen) atoms. The molecule has 0 radical (unpaired) electrons. The van der Waals surface area contributed by atoms with E-state index in [1.165, 1.54) is 25.7 Å². The highest BCUT2D eigenvalue weighted by molar-refractivity contribution is 5.79. The average Bonchev–Trinajstić information content (AvgIpc) is 3.14. The van der Waals surface area contributed by atoms with E-state index in [1.54, 1.807) is 13.2 Å². The molecule has 2 rings (SSSR count). The van der Waals surface area contributed by atoms with Gasteiger partial charge in [0.25, 0.3) is 0 Å². The summed E-state index contributed by atoms with van der Waals surface area (Å²) in [5.41, 5.74) is 1.13. The first-order valence-corrected chi connectivity index (χ1v) is 7.82. The number of aromatic nitrogens is 2. The predicted octanol–water partition coefficient (Wildman–Crippen LogP) is 1.43. The van der Waals surface area contributed by atoms with Gasteiger partial charge < -0.3 is 15.4 Å². The number of nitrogens with zero attached hydrogens (tertiary/aromatic N) is 3. The lowest BCUT2D eigenvalue weighted by Crippen LogP contribution is -2.38. The van der Waals surface area contributed by atoms with Gasteiger partial charge in [0.05, 0.1) is 18.3 Å². The van der Waals surface area contributed by atoms with Gasteiger partial charge in [0, 0.05) is 33.4 Å². The van der Waals surface area contributed by atoms with Gasteiger partial charge in [-0.3, -0.25) is 9.67 Å². The number of rotatable bonds is 7. The summed E-state index contributed by atoms with van der Waals surface area (Å²) < 4.78 is 7.70. The molecule has 0 saturated heterocycles. The quantitative estimate of drug-likeness (QED) is 0.453. The first-order valence-electron chi connectivity index (χ1n) is 7.82. The molecule has 2 N–H and O–H groups in total.